The molecule has 1 heterocycles. The van der Waals surface area contributed by atoms with Crippen molar-refractivity contribution >= 4 is 5.97 Å². The van der Waals surface area contributed by atoms with Crippen LogP contribution in [0.2, 0.25) is 0 Å². The van der Waals surface area contributed by atoms with E-state index >= 15 is 0 Å². The van der Waals surface area contributed by atoms with Crippen LogP contribution in [0, 0.1) is 5.82 Å². The molecule has 0 saturated heterocycles. The molecule has 1 aromatic rings. The van der Waals surface area contributed by atoms with Crippen LogP contribution in [0.25, 0.3) is 0 Å². The number of pyridine rings is 1. The first-order chi connectivity index (χ1) is 6.52. The normalized spacial score (nSPS) is 10.6. The zero-order valence-corrected chi connectivity index (χ0v) is 6.88. The number of carbonyl (C=O) groups is 1. The van der Waals surface area contributed by atoms with Gasteiger partial charge in [-0.3, -0.25) is 9.78 Å². The van der Waals surface area contributed by atoms with Gasteiger partial charge in [0.25, 0.3) is 6.43 Å². The van der Waals surface area contributed by atoms with Gasteiger partial charge in [0.1, 0.15) is 5.82 Å². The number of hydrogen-bond donors (Lipinski definition) is 1. The van der Waals surface area contributed by atoms with E-state index in [1.807, 2.05) is 0 Å². The minimum Gasteiger partial charge on any atom is -0.481 e. The van der Waals surface area contributed by atoms with E-state index in [1.165, 1.54) is 0 Å². The van der Waals surface area contributed by atoms with Gasteiger partial charge in [0.15, 0.2) is 0 Å². The lowest BCUT2D eigenvalue weighted by Crippen LogP contribution is -2.05. The van der Waals surface area contributed by atoms with Gasteiger partial charge in [-0.1, -0.05) is 0 Å². The molecule has 0 saturated carbocycles. The summed E-state index contributed by atoms with van der Waals surface area (Å²) >= 11 is 0. The Bertz CT molecular complexity index is 354. The SMILES string of the molecule is O=C(O)Cc1cncc(C(F)F)c1F. The molecule has 0 fully saturated rings. The molecule has 0 aliphatic rings. The van der Waals surface area contributed by atoms with Gasteiger partial charge in [-0.2, -0.15) is 0 Å². The zero-order valence-electron chi connectivity index (χ0n) is 6.88. The van der Waals surface area contributed by atoms with Crippen LogP contribution in [0.1, 0.15) is 17.6 Å². The third kappa shape index (κ3) is 2.21. The highest BCUT2D eigenvalue weighted by atomic mass is 19.3. The molecule has 6 heteroatoms. The van der Waals surface area contributed by atoms with E-state index in [2.05, 4.69) is 4.98 Å². The number of aromatic nitrogens is 1. The van der Waals surface area contributed by atoms with Crippen molar-refractivity contribution in [2.45, 2.75) is 12.8 Å². The van der Waals surface area contributed by atoms with Gasteiger partial charge in [-0.05, 0) is 0 Å². The maximum atomic E-state index is 13.1. The maximum absolute atomic E-state index is 13.1. The molecule has 76 valence electrons. The lowest BCUT2D eigenvalue weighted by Gasteiger charge is -2.04. The number of carboxylic acid groups (broad SMARTS) is 1. The number of rotatable bonds is 3. The van der Waals surface area contributed by atoms with E-state index in [1.54, 1.807) is 0 Å². The molecule has 3 nitrogen and oxygen atoms in total. The third-order valence-electron chi connectivity index (χ3n) is 1.56. The quantitative estimate of drug-likeness (QED) is 0.818. The average Bonchev–Trinajstić information content (AvgIpc) is 2.07. The first kappa shape index (κ1) is 10.5. The predicted octanol–water partition coefficient (Wildman–Crippen LogP) is 1.79. The molecule has 0 aliphatic heterocycles. The molecule has 0 amide bonds. The van der Waals surface area contributed by atoms with Crippen LogP contribution in [0.4, 0.5) is 13.2 Å². The van der Waals surface area contributed by atoms with Gasteiger partial charge >= 0.3 is 5.97 Å². The van der Waals surface area contributed by atoms with Gasteiger partial charge in [-0.15, -0.1) is 0 Å². The van der Waals surface area contributed by atoms with Crippen LogP contribution in [-0.2, 0) is 11.2 Å². The van der Waals surface area contributed by atoms with Gasteiger partial charge in [0.05, 0.1) is 12.0 Å². The van der Waals surface area contributed by atoms with E-state index < -0.39 is 30.2 Å². The lowest BCUT2D eigenvalue weighted by molar-refractivity contribution is -0.136. The summed E-state index contributed by atoms with van der Waals surface area (Å²) in [6.45, 7) is 0. The third-order valence-corrected chi connectivity index (χ3v) is 1.56. The molecule has 0 spiro atoms. The highest BCUT2D eigenvalue weighted by Gasteiger charge is 2.17. The first-order valence-electron chi connectivity index (χ1n) is 3.64. The molecule has 0 unspecified atom stereocenters. The first-order valence-corrected chi connectivity index (χ1v) is 3.64. The molecule has 1 aromatic heterocycles. The van der Waals surface area contributed by atoms with Gasteiger partial charge in [0, 0.05) is 18.0 Å². The average molecular weight is 205 g/mol. The van der Waals surface area contributed by atoms with Crippen LogP contribution in [0.3, 0.4) is 0 Å². The summed E-state index contributed by atoms with van der Waals surface area (Å²) in [4.78, 5) is 13.6. The molecule has 1 rings (SSSR count). The summed E-state index contributed by atoms with van der Waals surface area (Å²) in [5, 5.41) is 8.34. The number of halogens is 3. The van der Waals surface area contributed by atoms with E-state index in [0.29, 0.717) is 6.20 Å². The van der Waals surface area contributed by atoms with E-state index in [9.17, 15) is 18.0 Å². The minimum absolute atomic E-state index is 0.338. The van der Waals surface area contributed by atoms with Crippen molar-refractivity contribution in [2.75, 3.05) is 0 Å². The van der Waals surface area contributed by atoms with E-state index in [0.717, 1.165) is 6.20 Å². The van der Waals surface area contributed by atoms with Crippen LogP contribution < -0.4 is 0 Å². The fraction of sp³-hybridized carbons (Fsp3) is 0.250. The number of alkyl halides is 2. The Morgan fingerprint density at radius 1 is 1.50 bits per heavy atom. The van der Waals surface area contributed by atoms with E-state index in [-0.39, 0.29) is 5.56 Å². The van der Waals surface area contributed by atoms with Crippen LogP contribution in [0.5, 0.6) is 0 Å². The summed E-state index contributed by atoms with van der Waals surface area (Å²) in [6.07, 6.45) is -2.03. The molecule has 0 radical (unpaired) electrons. The summed E-state index contributed by atoms with van der Waals surface area (Å²) in [6, 6.07) is 0. The van der Waals surface area contributed by atoms with Crippen LogP contribution in [0.15, 0.2) is 12.4 Å². The second kappa shape index (κ2) is 4.08. The van der Waals surface area contributed by atoms with Gasteiger partial charge in [0.2, 0.25) is 0 Å². The molecular formula is C8H6F3NO2. The molecule has 0 aliphatic carbocycles. The molecular weight excluding hydrogens is 199 g/mol. The molecule has 14 heavy (non-hydrogen) atoms. The van der Waals surface area contributed by atoms with Crippen molar-refractivity contribution in [1.29, 1.82) is 0 Å². The summed E-state index contributed by atoms with van der Waals surface area (Å²) in [5.74, 6) is -2.49. The summed E-state index contributed by atoms with van der Waals surface area (Å²) in [5.41, 5.74) is -1.21. The number of nitrogens with zero attached hydrogens (tertiary/aromatic N) is 1. The topological polar surface area (TPSA) is 50.2 Å². The summed E-state index contributed by atoms with van der Waals surface area (Å²) < 4.78 is 37.3. The summed E-state index contributed by atoms with van der Waals surface area (Å²) in [7, 11) is 0. The Balaban J connectivity index is 3.07. The molecule has 0 atom stereocenters. The Hall–Kier alpha value is -1.59. The number of aliphatic carboxylic acids is 1. The predicted molar refractivity (Wildman–Crippen MR) is 40.5 cm³/mol. The van der Waals surface area contributed by atoms with Crippen molar-refractivity contribution < 1.29 is 23.1 Å². The highest BCUT2D eigenvalue weighted by Crippen LogP contribution is 2.22. The monoisotopic (exact) mass is 205 g/mol. The van der Waals surface area contributed by atoms with Crippen molar-refractivity contribution in [2.24, 2.45) is 0 Å². The smallest absolute Gasteiger partial charge is 0.307 e. The lowest BCUT2D eigenvalue weighted by atomic mass is 10.1. The minimum atomic E-state index is -2.99. The van der Waals surface area contributed by atoms with Crippen molar-refractivity contribution in [3.8, 4) is 0 Å². The van der Waals surface area contributed by atoms with Crippen LogP contribution in [-0.4, -0.2) is 16.1 Å². The van der Waals surface area contributed by atoms with Gasteiger partial charge < -0.3 is 5.11 Å². The second-order valence-corrected chi connectivity index (χ2v) is 2.57. The second-order valence-electron chi connectivity index (χ2n) is 2.57. The number of hydrogen-bond acceptors (Lipinski definition) is 2. The fourth-order valence-electron chi connectivity index (χ4n) is 0.945. The Morgan fingerprint density at radius 3 is 2.64 bits per heavy atom. The largest absolute Gasteiger partial charge is 0.481 e. The van der Waals surface area contributed by atoms with Crippen molar-refractivity contribution in [3.05, 3.63) is 29.3 Å². The standard InChI is InChI=1S/C8H6F3NO2/c9-7-4(1-6(13)14)2-12-3-5(7)8(10)11/h2-3,8H,1H2,(H,13,14). The van der Waals surface area contributed by atoms with E-state index in [4.69, 9.17) is 5.11 Å². The van der Waals surface area contributed by atoms with Crippen LogP contribution >= 0.6 is 0 Å². The molecule has 1 N–H and O–H groups in total. The fourth-order valence-corrected chi connectivity index (χ4v) is 0.945. The van der Waals surface area contributed by atoms with Crippen molar-refractivity contribution in [1.82, 2.24) is 4.98 Å². The number of carboxylic acids is 1. The van der Waals surface area contributed by atoms with Gasteiger partial charge in [-0.25, -0.2) is 13.2 Å². The Labute approximate surface area is 77.2 Å². The molecule has 0 aromatic carbocycles. The molecule has 0 bridgehead atoms. The Morgan fingerprint density at radius 2 is 2.14 bits per heavy atom. The zero-order chi connectivity index (χ0) is 10.7. The Kier molecular flexibility index (Phi) is 3.06. The highest BCUT2D eigenvalue weighted by molar-refractivity contribution is 5.70. The maximum Gasteiger partial charge on any atom is 0.307 e. The van der Waals surface area contributed by atoms with Crippen molar-refractivity contribution in [3.63, 3.8) is 0 Å².